The number of methoxy groups -OCH3 is 1. The van der Waals surface area contributed by atoms with Crippen LogP contribution < -0.4 is 14.7 Å². The highest BCUT2D eigenvalue weighted by molar-refractivity contribution is 6.24. The van der Waals surface area contributed by atoms with Crippen LogP contribution >= 0.6 is 0 Å². The summed E-state index contributed by atoms with van der Waals surface area (Å²) in [5, 5.41) is 12.1. The monoisotopic (exact) mass is 416 g/mol. The molecule has 0 spiro atoms. The third-order valence-electron chi connectivity index (χ3n) is 5.69. The number of imide groups is 1. The van der Waals surface area contributed by atoms with Crippen LogP contribution in [0.1, 0.15) is 11.6 Å². The summed E-state index contributed by atoms with van der Waals surface area (Å²) < 4.78 is 5.24. The number of para-hydroxylation sites is 2. The molecule has 7 heteroatoms. The van der Waals surface area contributed by atoms with E-state index in [-0.39, 0.29) is 11.7 Å². The summed E-state index contributed by atoms with van der Waals surface area (Å²) in [6, 6.07) is 22.2. The van der Waals surface area contributed by atoms with Crippen LogP contribution in [0.5, 0.6) is 11.5 Å². The minimum Gasteiger partial charge on any atom is -0.508 e. The van der Waals surface area contributed by atoms with Crippen LogP contribution in [0.2, 0.25) is 0 Å². The Bertz CT molecular complexity index is 1150. The minimum absolute atomic E-state index is 0.0396. The highest BCUT2D eigenvalue weighted by Gasteiger charge is 2.60. The summed E-state index contributed by atoms with van der Waals surface area (Å²) in [5.74, 6) is -1.05. The van der Waals surface area contributed by atoms with Crippen molar-refractivity contribution in [3.8, 4) is 11.5 Å². The number of fused-ring (bicyclic) bond motifs is 1. The van der Waals surface area contributed by atoms with Crippen molar-refractivity contribution in [2.75, 3.05) is 17.1 Å². The van der Waals surface area contributed by atoms with E-state index in [1.807, 2.05) is 30.3 Å². The van der Waals surface area contributed by atoms with Crippen LogP contribution in [0.4, 0.5) is 11.4 Å². The summed E-state index contributed by atoms with van der Waals surface area (Å²) in [4.78, 5) is 34.0. The predicted molar refractivity (Wildman–Crippen MR) is 114 cm³/mol. The normalized spacial score (nSPS) is 22.7. The molecule has 0 saturated carbocycles. The second-order valence-corrected chi connectivity index (χ2v) is 7.43. The fourth-order valence-electron chi connectivity index (χ4n) is 4.27. The number of phenolic OH excluding ortho intramolecular Hbond substituents is 1. The Kier molecular flexibility index (Phi) is 4.60. The van der Waals surface area contributed by atoms with Gasteiger partial charge in [0.1, 0.15) is 17.4 Å². The molecule has 2 amide bonds. The van der Waals surface area contributed by atoms with Crippen molar-refractivity contribution in [3.05, 3.63) is 84.4 Å². The van der Waals surface area contributed by atoms with E-state index in [2.05, 4.69) is 0 Å². The Morgan fingerprint density at radius 1 is 0.871 bits per heavy atom. The van der Waals surface area contributed by atoms with Gasteiger partial charge in [0.25, 0.3) is 5.91 Å². The number of carbonyl (C=O) groups excluding carboxylic acids is 2. The Morgan fingerprint density at radius 2 is 1.58 bits per heavy atom. The molecule has 0 aromatic heterocycles. The number of nitrogens with zero attached hydrogens (tertiary/aromatic N) is 2. The zero-order chi connectivity index (χ0) is 21.5. The topological polar surface area (TPSA) is 79.3 Å². The molecule has 2 aliphatic heterocycles. The number of benzene rings is 3. The standard InChI is InChI=1S/C24H20N2O5/c1-30-17-11-7-10-16(14-17)25-23(28)20-21(18-12-5-6-13-19(18)27)26(31-22(20)24(25)29)15-8-3-2-4-9-15/h2-14,20-22,27H,1H3/t20-,21-,22+/m0/s1. The fraction of sp³-hybridized carbons (Fsp3) is 0.167. The molecular weight excluding hydrogens is 396 g/mol. The Labute approximate surface area is 179 Å². The smallest absolute Gasteiger partial charge is 0.266 e. The maximum atomic E-state index is 13.5. The van der Waals surface area contributed by atoms with Crippen molar-refractivity contribution in [1.29, 1.82) is 0 Å². The Balaban J connectivity index is 1.60. The van der Waals surface area contributed by atoms with Crippen LogP contribution in [0, 0.1) is 5.92 Å². The molecule has 0 aliphatic carbocycles. The zero-order valence-electron chi connectivity index (χ0n) is 16.7. The Hall–Kier alpha value is -3.84. The summed E-state index contributed by atoms with van der Waals surface area (Å²) in [6.45, 7) is 0. The lowest BCUT2D eigenvalue weighted by Crippen LogP contribution is -2.37. The molecule has 2 heterocycles. The van der Waals surface area contributed by atoms with Gasteiger partial charge in [-0.05, 0) is 30.3 Å². The van der Waals surface area contributed by atoms with Crippen molar-refractivity contribution in [2.45, 2.75) is 12.1 Å². The van der Waals surface area contributed by atoms with E-state index in [0.29, 0.717) is 22.7 Å². The highest BCUT2D eigenvalue weighted by atomic mass is 16.7. The Morgan fingerprint density at radius 3 is 2.32 bits per heavy atom. The van der Waals surface area contributed by atoms with Crippen LogP contribution in [-0.2, 0) is 14.4 Å². The fourth-order valence-corrected chi connectivity index (χ4v) is 4.27. The second-order valence-electron chi connectivity index (χ2n) is 7.43. The number of carbonyl (C=O) groups is 2. The molecule has 2 fully saturated rings. The maximum absolute atomic E-state index is 13.5. The summed E-state index contributed by atoms with van der Waals surface area (Å²) in [6.07, 6.45) is -0.997. The molecule has 3 atom stereocenters. The van der Waals surface area contributed by atoms with E-state index in [4.69, 9.17) is 9.57 Å². The number of hydrogen-bond donors (Lipinski definition) is 1. The SMILES string of the molecule is COc1cccc(N2C(=O)[C@@H]3[C@@H](ON(c4ccccc4)[C@H]3c3ccccc3O)C2=O)c1. The first-order chi connectivity index (χ1) is 15.1. The van der Waals surface area contributed by atoms with E-state index in [1.165, 1.54) is 7.11 Å². The highest BCUT2D eigenvalue weighted by Crippen LogP contribution is 2.49. The third kappa shape index (κ3) is 3.02. The molecule has 2 saturated heterocycles. The molecule has 3 aromatic carbocycles. The summed E-state index contributed by atoms with van der Waals surface area (Å²) >= 11 is 0. The molecule has 2 aliphatic rings. The van der Waals surface area contributed by atoms with E-state index < -0.39 is 24.0 Å². The number of aromatic hydroxyl groups is 1. The molecule has 3 aromatic rings. The molecule has 5 rings (SSSR count). The van der Waals surface area contributed by atoms with Gasteiger partial charge in [-0.2, -0.15) is 0 Å². The average molecular weight is 416 g/mol. The first-order valence-corrected chi connectivity index (χ1v) is 9.91. The van der Waals surface area contributed by atoms with Crippen molar-refractivity contribution < 1.29 is 24.3 Å². The lowest BCUT2D eigenvalue weighted by atomic mass is 9.90. The number of phenols is 1. The first-order valence-electron chi connectivity index (χ1n) is 9.91. The number of rotatable bonds is 4. The van der Waals surface area contributed by atoms with Gasteiger partial charge in [0.15, 0.2) is 6.10 Å². The van der Waals surface area contributed by atoms with Crippen LogP contribution in [-0.4, -0.2) is 30.1 Å². The van der Waals surface area contributed by atoms with E-state index in [0.717, 1.165) is 4.90 Å². The van der Waals surface area contributed by atoms with Gasteiger partial charge in [0.05, 0.1) is 24.5 Å². The van der Waals surface area contributed by atoms with Gasteiger partial charge in [-0.15, -0.1) is 0 Å². The first kappa shape index (κ1) is 19.1. The van der Waals surface area contributed by atoms with Crippen LogP contribution in [0.25, 0.3) is 0 Å². The minimum atomic E-state index is -0.997. The lowest BCUT2D eigenvalue weighted by Gasteiger charge is -2.29. The molecule has 7 nitrogen and oxygen atoms in total. The average Bonchev–Trinajstić information content (AvgIpc) is 3.31. The van der Waals surface area contributed by atoms with E-state index in [1.54, 1.807) is 53.6 Å². The van der Waals surface area contributed by atoms with Crippen molar-refractivity contribution in [2.24, 2.45) is 5.92 Å². The lowest BCUT2D eigenvalue weighted by molar-refractivity contribution is -0.126. The van der Waals surface area contributed by atoms with Gasteiger partial charge in [0.2, 0.25) is 5.91 Å². The van der Waals surface area contributed by atoms with Gasteiger partial charge in [-0.25, -0.2) is 9.96 Å². The number of anilines is 2. The molecule has 0 bridgehead atoms. The van der Waals surface area contributed by atoms with E-state index in [9.17, 15) is 14.7 Å². The quantitative estimate of drug-likeness (QED) is 0.657. The van der Waals surface area contributed by atoms with Gasteiger partial charge in [-0.3, -0.25) is 14.4 Å². The summed E-state index contributed by atoms with van der Waals surface area (Å²) in [7, 11) is 1.52. The molecule has 0 unspecified atom stereocenters. The molecule has 156 valence electrons. The van der Waals surface area contributed by atoms with Gasteiger partial charge in [-0.1, -0.05) is 42.5 Å². The predicted octanol–water partition coefficient (Wildman–Crippen LogP) is 3.45. The van der Waals surface area contributed by atoms with Crippen molar-refractivity contribution in [1.82, 2.24) is 0 Å². The van der Waals surface area contributed by atoms with Gasteiger partial charge >= 0.3 is 0 Å². The summed E-state index contributed by atoms with van der Waals surface area (Å²) in [5.41, 5.74) is 1.64. The van der Waals surface area contributed by atoms with Crippen molar-refractivity contribution >= 4 is 23.2 Å². The zero-order valence-corrected chi connectivity index (χ0v) is 16.7. The second kappa shape index (κ2) is 7.45. The maximum Gasteiger partial charge on any atom is 0.266 e. The number of hydroxylamine groups is 1. The largest absolute Gasteiger partial charge is 0.508 e. The third-order valence-corrected chi connectivity index (χ3v) is 5.69. The van der Waals surface area contributed by atoms with Crippen molar-refractivity contribution in [3.63, 3.8) is 0 Å². The molecule has 1 N–H and O–H groups in total. The molecule has 0 radical (unpaired) electrons. The molecular formula is C24H20N2O5. The number of amides is 2. The van der Waals surface area contributed by atoms with E-state index >= 15 is 0 Å². The number of ether oxygens (including phenoxy) is 1. The van der Waals surface area contributed by atoms with Crippen LogP contribution in [0.15, 0.2) is 78.9 Å². The molecule has 31 heavy (non-hydrogen) atoms. The van der Waals surface area contributed by atoms with Crippen LogP contribution in [0.3, 0.4) is 0 Å². The number of hydrogen-bond acceptors (Lipinski definition) is 6. The van der Waals surface area contributed by atoms with Gasteiger partial charge in [0, 0.05) is 11.6 Å². The van der Waals surface area contributed by atoms with Gasteiger partial charge < -0.3 is 9.84 Å².